The molecule has 190 valence electrons. The molecule has 0 spiro atoms. The van der Waals surface area contributed by atoms with Gasteiger partial charge in [0.2, 0.25) is 0 Å². The molecule has 36 heavy (non-hydrogen) atoms. The highest BCUT2D eigenvalue weighted by Crippen LogP contribution is 2.41. The summed E-state index contributed by atoms with van der Waals surface area (Å²) in [4.78, 5) is 30.4. The van der Waals surface area contributed by atoms with Crippen molar-refractivity contribution in [2.45, 2.75) is 12.5 Å². The van der Waals surface area contributed by atoms with Crippen LogP contribution in [-0.4, -0.2) is 86.3 Å². The van der Waals surface area contributed by atoms with Gasteiger partial charge in [-0.1, -0.05) is 12.1 Å². The van der Waals surface area contributed by atoms with E-state index in [0.717, 1.165) is 19.6 Å². The Morgan fingerprint density at radius 1 is 1.00 bits per heavy atom. The number of aliphatic hydroxyl groups is 1. The molecule has 0 saturated carbocycles. The topological polar surface area (TPSA) is 97.8 Å². The van der Waals surface area contributed by atoms with Gasteiger partial charge in [-0.3, -0.25) is 14.5 Å². The second-order valence-corrected chi connectivity index (χ2v) is 8.94. The molecule has 2 aromatic rings. The lowest BCUT2D eigenvalue weighted by molar-refractivity contribution is -0.140. The van der Waals surface area contributed by atoms with Crippen molar-refractivity contribution in [1.82, 2.24) is 9.80 Å². The fourth-order valence-electron chi connectivity index (χ4n) is 4.90. The van der Waals surface area contributed by atoms with E-state index in [2.05, 4.69) is 4.90 Å². The summed E-state index contributed by atoms with van der Waals surface area (Å²) in [6.45, 7) is 5.11. The van der Waals surface area contributed by atoms with Crippen molar-refractivity contribution in [3.8, 4) is 17.2 Å². The summed E-state index contributed by atoms with van der Waals surface area (Å²) < 4.78 is 22.0. The summed E-state index contributed by atoms with van der Waals surface area (Å²) in [6.07, 6.45) is 0.692. The van der Waals surface area contributed by atoms with Crippen molar-refractivity contribution in [2.75, 3.05) is 59.7 Å². The maximum atomic E-state index is 13.3. The van der Waals surface area contributed by atoms with Crippen molar-refractivity contribution in [1.29, 1.82) is 0 Å². The predicted octanol–water partition coefficient (Wildman–Crippen LogP) is 2.61. The molecule has 0 bridgehead atoms. The number of benzene rings is 2. The number of amides is 1. The van der Waals surface area contributed by atoms with Gasteiger partial charge in [-0.15, -0.1) is 0 Å². The Morgan fingerprint density at radius 2 is 1.78 bits per heavy atom. The van der Waals surface area contributed by atoms with E-state index in [4.69, 9.17) is 18.9 Å². The SMILES string of the molecule is COc1cccc([C@H]2/C(=C(\O)c3ccc4c(c3)OCCO4)C(=O)C(=O)N2CCCN2CCOCC2)c1. The van der Waals surface area contributed by atoms with Crippen LogP contribution in [-0.2, 0) is 14.3 Å². The first-order valence-corrected chi connectivity index (χ1v) is 12.2. The monoisotopic (exact) mass is 494 g/mol. The van der Waals surface area contributed by atoms with E-state index in [1.54, 1.807) is 42.3 Å². The predicted molar refractivity (Wildman–Crippen MR) is 131 cm³/mol. The molecule has 5 rings (SSSR count). The maximum Gasteiger partial charge on any atom is 0.295 e. The summed E-state index contributed by atoms with van der Waals surface area (Å²) >= 11 is 0. The smallest absolute Gasteiger partial charge is 0.295 e. The number of aliphatic hydroxyl groups excluding tert-OH is 1. The second-order valence-electron chi connectivity index (χ2n) is 8.94. The number of methoxy groups -OCH3 is 1. The minimum Gasteiger partial charge on any atom is -0.507 e. The third-order valence-electron chi connectivity index (χ3n) is 6.74. The van der Waals surface area contributed by atoms with Gasteiger partial charge in [0.05, 0.1) is 31.9 Å². The van der Waals surface area contributed by atoms with Gasteiger partial charge in [0.15, 0.2) is 11.5 Å². The molecule has 2 aromatic carbocycles. The van der Waals surface area contributed by atoms with E-state index in [0.29, 0.717) is 67.8 Å². The molecule has 9 heteroatoms. The Kier molecular flexibility index (Phi) is 7.11. The van der Waals surface area contributed by atoms with Crippen LogP contribution in [0.25, 0.3) is 5.76 Å². The lowest BCUT2D eigenvalue weighted by Crippen LogP contribution is -2.38. The van der Waals surface area contributed by atoms with Crippen molar-refractivity contribution < 1.29 is 33.6 Å². The summed E-state index contributed by atoms with van der Waals surface area (Å²) in [5.41, 5.74) is 1.13. The Bertz CT molecular complexity index is 1170. The lowest BCUT2D eigenvalue weighted by atomic mass is 9.95. The number of carbonyl (C=O) groups excluding carboxylic acids is 2. The van der Waals surface area contributed by atoms with Crippen molar-refractivity contribution in [3.05, 3.63) is 59.2 Å². The van der Waals surface area contributed by atoms with Crippen LogP contribution in [0.4, 0.5) is 0 Å². The molecule has 9 nitrogen and oxygen atoms in total. The van der Waals surface area contributed by atoms with Gasteiger partial charge in [-0.05, 0) is 42.3 Å². The van der Waals surface area contributed by atoms with Crippen molar-refractivity contribution >= 4 is 17.4 Å². The quantitative estimate of drug-likeness (QED) is 0.357. The number of ketones is 1. The molecule has 3 aliphatic rings. The molecular weight excluding hydrogens is 464 g/mol. The first kappa shape index (κ1) is 24.1. The third-order valence-corrected chi connectivity index (χ3v) is 6.74. The zero-order valence-electron chi connectivity index (χ0n) is 20.3. The number of hydrogen-bond donors (Lipinski definition) is 1. The molecule has 0 aromatic heterocycles. The highest BCUT2D eigenvalue weighted by atomic mass is 16.6. The lowest BCUT2D eigenvalue weighted by Gasteiger charge is -2.29. The molecule has 0 unspecified atom stereocenters. The zero-order chi connectivity index (χ0) is 25.1. The number of hydrogen-bond acceptors (Lipinski definition) is 8. The Balaban J connectivity index is 1.49. The molecule has 3 heterocycles. The van der Waals surface area contributed by atoms with Crippen LogP contribution in [0, 0.1) is 0 Å². The molecule has 3 aliphatic heterocycles. The van der Waals surface area contributed by atoms with E-state index < -0.39 is 17.7 Å². The van der Waals surface area contributed by atoms with Gasteiger partial charge < -0.3 is 29.0 Å². The van der Waals surface area contributed by atoms with Gasteiger partial charge >= 0.3 is 0 Å². The van der Waals surface area contributed by atoms with Crippen LogP contribution in [0.1, 0.15) is 23.6 Å². The summed E-state index contributed by atoms with van der Waals surface area (Å²) in [7, 11) is 1.56. The molecule has 0 aliphatic carbocycles. The summed E-state index contributed by atoms with van der Waals surface area (Å²) in [5, 5.41) is 11.3. The van der Waals surface area contributed by atoms with Gasteiger partial charge in [-0.25, -0.2) is 0 Å². The number of fused-ring (bicyclic) bond motifs is 1. The van der Waals surface area contributed by atoms with Crippen LogP contribution in [0.15, 0.2) is 48.0 Å². The molecule has 1 atom stereocenters. The number of likely N-dealkylation sites (tertiary alicyclic amines) is 1. The minimum absolute atomic E-state index is 0.0521. The van der Waals surface area contributed by atoms with Crippen LogP contribution in [0.2, 0.25) is 0 Å². The Labute approximate surface area is 209 Å². The fraction of sp³-hybridized carbons (Fsp3) is 0.407. The third kappa shape index (κ3) is 4.76. The normalized spacial score (nSPS) is 21.6. The average Bonchev–Trinajstić information content (AvgIpc) is 3.18. The minimum atomic E-state index is -0.738. The van der Waals surface area contributed by atoms with E-state index in [1.165, 1.54) is 0 Å². The van der Waals surface area contributed by atoms with Crippen molar-refractivity contribution in [3.63, 3.8) is 0 Å². The van der Waals surface area contributed by atoms with Gasteiger partial charge in [0.1, 0.15) is 24.7 Å². The average molecular weight is 495 g/mol. The summed E-state index contributed by atoms with van der Waals surface area (Å²) in [5.74, 6) is 0.0960. The molecule has 1 amide bonds. The summed E-state index contributed by atoms with van der Waals surface area (Å²) in [6, 6.07) is 11.5. The maximum absolute atomic E-state index is 13.3. The van der Waals surface area contributed by atoms with Gasteiger partial charge in [0, 0.05) is 31.7 Å². The second kappa shape index (κ2) is 10.6. The van der Waals surface area contributed by atoms with Crippen LogP contribution >= 0.6 is 0 Å². The highest BCUT2D eigenvalue weighted by molar-refractivity contribution is 6.46. The zero-order valence-corrected chi connectivity index (χ0v) is 20.3. The van der Waals surface area contributed by atoms with Crippen LogP contribution in [0.5, 0.6) is 17.2 Å². The van der Waals surface area contributed by atoms with Crippen LogP contribution < -0.4 is 14.2 Å². The largest absolute Gasteiger partial charge is 0.507 e. The van der Waals surface area contributed by atoms with E-state index in [1.807, 2.05) is 12.1 Å². The Hall–Kier alpha value is -3.56. The molecule has 0 radical (unpaired) electrons. The number of carbonyl (C=O) groups is 2. The fourth-order valence-corrected chi connectivity index (χ4v) is 4.90. The van der Waals surface area contributed by atoms with Gasteiger partial charge in [-0.2, -0.15) is 0 Å². The number of nitrogens with zero attached hydrogens (tertiary/aromatic N) is 2. The number of ether oxygens (including phenoxy) is 4. The number of morpholine rings is 1. The van der Waals surface area contributed by atoms with Gasteiger partial charge in [0.25, 0.3) is 11.7 Å². The Morgan fingerprint density at radius 3 is 2.56 bits per heavy atom. The highest BCUT2D eigenvalue weighted by Gasteiger charge is 2.46. The molecule has 2 saturated heterocycles. The number of Topliss-reactive ketones (excluding diaryl/α,β-unsaturated/α-hetero) is 1. The molecule has 1 N–H and O–H groups in total. The van der Waals surface area contributed by atoms with Crippen LogP contribution in [0.3, 0.4) is 0 Å². The van der Waals surface area contributed by atoms with Crippen molar-refractivity contribution in [2.24, 2.45) is 0 Å². The van der Waals surface area contributed by atoms with E-state index in [-0.39, 0.29) is 11.3 Å². The first-order chi connectivity index (χ1) is 17.6. The standard InChI is InChI=1S/C27H30N2O7/c1-33-20-5-2-4-18(16-20)24-23(25(30)19-6-7-21-22(17-19)36-15-14-35-21)26(31)27(32)29(24)9-3-8-28-10-12-34-13-11-28/h2,4-7,16-17,24,30H,3,8-15H2,1H3/b25-23+/t24-/m0/s1. The van der Waals surface area contributed by atoms with E-state index >= 15 is 0 Å². The molecular formula is C27H30N2O7. The molecule has 2 fully saturated rings. The number of rotatable bonds is 7. The first-order valence-electron chi connectivity index (χ1n) is 12.2. The van der Waals surface area contributed by atoms with E-state index in [9.17, 15) is 14.7 Å².